The van der Waals surface area contributed by atoms with Crippen LogP contribution in [0.25, 0.3) is 0 Å². The number of amides is 2. The van der Waals surface area contributed by atoms with Crippen LogP contribution in [0.4, 0.5) is 0 Å². The summed E-state index contributed by atoms with van der Waals surface area (Å²) in [5.74, 6) is -0.335. The summed E-state index contributed by atoms with van der Waals surface area (Å²) < 4.78 is 4.88. The van der Waals surface area contributed by atoms with E-state index in [9.17, 15) is 9.59 Å². The highest BCUT2D eigenvalue weighted by Gasteiger charge is 2.48. The lowest BCUT2D eigenvalue weighted by Gasteiger charge is -2.17. The average Bonchev–Trinajstić information content (AvgIpc) is 3.28. The van der Waals surface area contributed by atoms with Crippen LogP contribution < -0.4 is 5.32 Å². The molecule has 2 rings (SSSR count). The van der Waals surface area contributed by atoms with Crippen LogP contribution in [0.5, 0.6) is 0 Å². The van der Waals surface area contributed by atoms with Crippen molar-refractivity contribution in [3.05, 3.63) is 35.9 Å². The Morgan fingerprint density at radius 3 is 2.67 bits per heavy atom. The van der Waals surface area contributed by atoms with Gasteiger partial charge in [-0.1, -0.05) is 30.3 Å². The van der Waals surface area contributed by atoms with E-state index in [2.05, 4.69) is 5.32 Å². The molecule has 5 nitrogen and oxygen atoms in total. The molecule has 0 radical (unpaired) electrons. The minimum absolute atomic E-state index is 0.0430. The van der Waals surface area contributed by atoms with Gasteiger partial charge in [0.15, 0.2) is 0 Å². The van der Waals surface area contributed by atoms with E-state index in [1.807, 2.05) is 30.3 Å². The van der Waals surface area contributed by atoms with Crippen LogP contribution in [0.15, 0.2) is 30.3 Å². The van der Waals surface area contributed by atoms with Gasteiger partial charge in [0.25, 0.3) is 0 Å². The van der Waals surface area contributed by atoms with Gasteiger partial charge in [0, 0.05) is 27.2 Å². The van der Waals surface area contributed by atoms with Crippen molar-refractivity contribution in [3.8, 4) is 0 Å². The first-order chi connectivity index (χ1) is 10.1. The Morgan fingerprint density at radius 1 is 1.29 bits per heavy atom. The zero-order chi connectivity index (χ0) is 15.2. The molecule has 1 aliphatic carbocycles. The van der Waals surface area contributed by atoms with Crippen LogP contribution in [0.1, 0.15) is 12.0 Å². The van der Waals surface area contributed by atoms with Gasteiger partial charge in [-0.25, -0.2) is 0 Å². The standard InChI is InChI=1S/C16H22N2O3/c1-18(11-12-6-4-3-5-7-12)16(20)14-10-13(14)15(19)17-8-9-21-2/h3-7,13-14H,8-11H2,1-2H3,(H,17,19). The predicted molar refractivity (Wildman–Crippen MR) is 79.4 cm³/mol. The number of hydrogen-bond acceptors (Lipinski definition) is 3. The van der Waals surface area contributed by atoms with E-state index in [4.69, 9.17) is 4.74 Å². The maximum atomic E-state index is 12.3. The molecule has 0 aromatic heterocycles. The van der Waals surface area contributed by atoms with Gasteiger partial charge >= 0.3 is 0 Å². The van der Waals surface area contributed by atoms with Crippen molar-refractivity contribution in [3.63, 3.8) is 0 Å². The fraction of sp³-hybridized carbons (Fsp3) is 0.500. The summed E-state index contributed by atoms with van der Waals surface area (Å²) >= 11 is 0. The molecule has 5 heteroatoms. The minimum atomic E-state index is -0.174. The molecule has 2 atom stereocenters. The zero-order valence-corrected chi connectivity index (χ0v) is 12.5. The third kappa shape index (κ3) is 4.29. The fourth-order valence-electron chi connectivity index (χ4n) is 2.38. The molecule has 1 aromatic rings. The molecule has 0 aliphatic heterocycles. The number of nitrogens with zero attached hydrogens (tertiary/aromatic N) is 1. The van der Waals surface area contributed by atoms with Crippen molar-refractivity contribution in [2.24, 2.45) is 11.8 Å². The maximum absolute atomic E-state index is 12.3. The summed E-state index contributed by atoms with van der Waals surface area (Å²) in [6, 6.07) is 9.84. The largest absolute Gasteiger partial charge is 0.383 e. The Labute approximate surface area is 125 Å². The highest BCUT2D eigenvalue weighted by atomic mass is 16.5. The SMILES string of the molecule is COCCNC(=O)C1CC1C(=O)N(C)Cc1ccccc1. The molecule has 114 valence electrons. The monoisotopic (exact) mass is 290 g/mol. The molecular weight excluding hydrogens is 268 g/mol. The number of methoxy groups -OCH3 is 1. The smallest absolute Gasteiger partial charge is 0.226 e. The predicted octanol–water partition coefficient (Wildman–Crippen LogP) is 1.04. The van der Waals surface area contributed by atoms with Gasteiger partial charge in [0.2, 0.25) is 11.8 Å². The van der Waals surface area contributed by atoms with Crippen molar-refractivity contribution in [1.29, 1.82) is 0 Å². The van der Waals surface area contributed by atoms with Crippen molar-refractivity contribution >= 4 is 11.8 Å². The van der Waals surface area contributed by atoms with Crippen LogP contribution in [0.3, 0.4) is 0 Å². The fourth-order valence-corrected chi connectivity index (χ4v) is 2.38. The molecule has 1 fully saturated rings. The van der Waals surface area contributed by atoms with Gasteiger partial charge in [-0.2, -0.15) is 0 Å². The minimum Gasteiger partial charge on any atom is -0.383 e. The second kappa shape index (κ2) is 7.22. The Kier molecular flexibility index (Phi) is 5.33. The van der Waals surface area contributed by atoms with Gasteiger partial charge in [-0.3, -0.25) is 9.59 Å². The molecule has 1 saturated carbocycles. The number of carbonyl (C=O) groups is 2. The first kappa shape index (κ1) is 15.5. The van der Waals surface area contributed by atoms with Crippen molar-refractivity contribution in [2.75, 3.05) is 27.3 Å². The third-order valence-corrected chi connectivity index (χ3v) is 3.69. The molecule has 1 aliphatic rings. The lowest BCUT2D eigenvalue weighted by Crippen LogP contribution is -2.32. The van der Waals surface area contributed by atoms with Gasteiger partial charge in [0.1, 0.15) is 0 Å². The molecule has 0 heterocycles. The van der Waals surface area contributed by atoms with Crippen LogP contribution in [-0.4, -0.2) is 44.0 Å². The van der Waals surface area contributed by atoms with Crippen molar-refractivity contribution in [2.45, 2.75) is 13.0 Å². The van der Waals surface area contributed by atoms with E-state index in [0.717, 1.165) is 5.56 Å². The Balaban J connectivity index is 1.78. The summed E-state index contributed by atoms with van der Waals surface area (Å²) in [6.45, 7) is 1.56. The first-order valence-electron chi connectivity index (χ1n) is 7.19. The zero-order valence-electron chi connectivity index (χ0n) is 12.5. The maximum Gasteiger partial charge on any atom is 0.226 e. The Hall–Kier alpha value is -1.88. The highest BCUT2D eigenvalue weighted by Crippen LogP contribution is 2.40. The van der Waals surface area contributed by atoms with Crippen LogP contribution in [0, 0.1) is 11.8 Å². The summed E-state index contributed by atoms with van der Waals surface area (Å²) in [5.41, 5.74) is 1.09. The normalized spacial score (nSPS) is 19.9. The lowest BCUT2D eigenvalue weighted by molar-refractivity contribution is -0.134. The molecule has 0 spiro atoms. The number of carbonyl (C=O) groups excluding carboxylic acids is 2. The van der Waals surface area contributed by atoms with E-state index < -0.39 is 0 Å². The van der Waals surface area contributed by atoms with Crippen LogP contribution in [0.2, 0.25) is 0 Å². The van der Waals surface area contributed by atoms with Gasteiger partial charge in [0.05, 0.1) is 18.4 Å². The number of ether oxygens (including phenoxy) is 1. The molecular formula is C16H22N2O3. The van der Waals surface area contributed by atoms with Gasteiger partial charge in [-0.15, -0.1) is 0 Å². The van der Waals surface area contributed by atoms with Crippen molar-refractivity contribution < 1.29 is 14.3 Å². The molecule has 21 heavy (non-hydrogen) atoms. The molecule has 2 amide bonds. The van der Waals surface area contributed by atoms with E-state index in [-0.39, 0.29) is 23.7 Å². The summed E-state index contributed by atoms with van der Waals surface area (Å²) in [4.78, 5) is 25.8. The second-order valence-electron chi connectivity index (χ2n) is 5.41. The molecule has 1 N–H and O–H groups in total. The summed E-state index contributed by atoms with van der Waals surface area (Å²) in [5, 5.41) is 2.78. The number of nitrogens with one attached hydrogen (secondary N) is 1. The Bertz CT molecular complexity index is 490. The molecule has 0 saturated heterocycles. The summed E-state index contributed by atoms with van der Waals surface area (Å²) in [7, 11) is 3.38. The van der Waals surface area contributed by atoms with Gasteiger partial charge < -0.3 is 15.0 Å². The van der Waals surface area contributed by atoms with Crippen molar-refractivity contribution in [1.82, 2.24) is 10.2 Å². The summed E-state index contributed by atoms with van der Waals surface area (Å²) in [6.07, 6.45) is 0.650. The topological polar surface area (TPSA) is 58.6 Å². The first-order valence-corrected chi connectivity index (χ1v) is 7.19. The van der Waals surface area contributed by atoms with Gasteiger partial charge in [-0.05, 0) is 12.0 Å². The molecule has 1 aromatic carbocycles. The number of benzene rings is 1. The average molecular weight is 290 g/mol. The number of hydrogen-bond donors (Lipinski definition) is 1. The van der Waals surface area contributed by atoms with E-state index >= 15 is 0 Å². The van der Waals surface area contributed by atoms with E-state index in [0.29, 0.717) is 26.1 Å². The van der Waals surface area contributed by atoms with Crippen LogP contribution >= 0.6 is 0 Å². The second-order valence-corrected chi connectivity index (χ2v) is 5.41. The third-order valence-electron chi connectivity index (χ3n) is 3.69. The quantitative estimate of drug-likeness (QED) is 0.764. The van der Waals surface area contributed by atoms with E-state index in [1.165, 1.54) is 0 Å². The molecule has 0 bridgehead atoms. The lowest BCUT2D eigenvalue weighted by atomic mass is 10.2. The number of rotatable bonds is 7. The highest BCUT2D eigenvalue weighted by molar-refractivity contribution is 5.92. The van der Waals surface area contributed by atoms with E-state index in [1.54, 1.807) is 19.1 Å². The molecule has 2 unspecified atom stereocenters. The Morgan fingerprint density at radius 2 is 2.00 bits per heavy atom. The van der Waals surface area contributed by atoms with Crippen LogP contribution in [-0.2, 0) is 20.9 Å².